The molecule has 0 bridgehead atoms. The van der Waals surface area contributed by atoms with Gasteiger partial charge in [-0.3, -0.25) is 0 Å². The van der Waals surface area contributed by atoms with Crippen molar-refractivity contribution in [2.24, 2.45) is 5.14 Å². The number of sulfonamides is 1. The second-order valence-electron chi connectivity index (χ2n) is 4.13. The summed E-state index contributed by atoms with van der Waals surface area (Å²) < 4.78 is 22.4. The molecule has 17 heavy (non-hydrogen) atoms. The first kappa shape index (κ1) is 12.9. The molecule has 0 aliphatic carbocycles. The zero-order valence-electron chi connectivity index (χ0n) is 9.43. The highest BCUT2D eigenvalue weighted by molar-refractivity contribution is 7.99. The molecule has 0 amide bonds. The van der Waals surface area contributed by atoms with E-state index in [2.05, 4.69) is 5.32 Å². The maximum atomic E-state index is 11.2. The van der Waals surface area contributed by atoms with Crippen LogP contribution in [0.4, 0.5) is 0 Å². The van der Waals surface area contributed by atoms with E-state index < -0.39 is 10.0 Å². The van der Waals surface area contributed by atoms with Crippen molar-refractivity contribution >= 4 is 21.8 Å². The summed E-state index contributed by atoms with van der Waals surface area (Å²) in [7, 11) is -3.59. The molecule has 1 aromatic carbocycles. The van der Waals surface area contributed by atoms with Crippen molar-refractivity contribution in [3.63, 3.8) is 0 Å². The van der Waals surface area contributed by atoms with Crippen LogP contribution in [0.5, 0.6) is 0 Å². The van der Waals surface area contributed by atoms with Crippen LogP contribution in [0, 0.1) is 0 Å². The van der Waals surface area contributed by atoms with E-state index in [4.69, 9.17) is 5.14 Å². The van der Waals surface area contributed by atoms with Gasteiger partial charge in [0.25, 0.3) is 0 Å². The number of nitrogens with one attached hydrogen (secondary N) is 1. The van der Waals surface area contributed by atoms with Crippen LogP contribution in [-0.4, -0.2) is 26.0 Å². The van der Waals surface area contributed by atoms with Gasteiger partial charge in [-0.05, 0) is 29.9 Å². The maximum Gasteiger partial charge on any atom is 0.238 e. The average molecular weight is 272 g/mol. The minimum atomic E-state index is -3.59. The normalized spacial score (nSPS) is 20.6. The van der Waals surface area contributed by atoms with Gasteiger partial charge in [-0.2, -0.15) is 11.8 Å². The Balaban J connectivity index is 2.01. The van der Waals surface area contributed by atoms with Gasteiger partial charge in [0, 0.05) is 18.3 Å². The fourth-order valence-corrected chi connectivity index (χ4v) is 3.56. The number of hydrogen-bond donors (Lipinski definition) is 2. The van der Waals surface area contributed by atoms with E-state index in [-0.39, 0.29) is 4.90 Å². The van der Waals surface area contributed by atoms with Gasteiger partial charge in [0.1, 0.15) is 0 Å². The number of primary sulfonamides is 1. The van der Waals surface area contributed by atoms with Crippen LogP contribution in [-0.2, 0) is 16.6 Å². The van der Waals surface area contributed by atoms with Crippen LogP contribution in [0.15, 0.2) is 29.2 Å². The Hall–Kier alpha value is -0.560. The first-order valence-corrected chi connectivity index (χ1v) is 8.19. The molecule has 0 saturated carbocycles. The van der Waals surface area contributed by atoms with Gasteiger partial charge >= 0.3 is 0 Å². The van der Waals surface area contributed by atoms with Crippen LogP contribution in [0.3, 0.4) is 0 Å². The number of nitrogens with two attached hydrogens (primary N) is 1. The van der Waals surface area contributed by atoms with E-state index in [0.29, 0.717) is 12.6 Å². The van der Waals surface area contributed by atoms with Gasteiger partial charge in [-0.1, -0.05) is 12.1 Å². The van der Waals surface area contributed by atoms with E-state index in [0.717, 1.165) is 11.3 Å². The van der Waals surface area contributed by atoms with Crippen molar-refractivity contribution in [1.29, 1.82) is 0 Å². The highest BCUT2D eigenvalue weighted by atomic mass is 32.2. The summed E-state index contributed by atoms with van der Waals surface area (Å²) in [5.41, 5.74) is 0.952. The minimum absolute atomic E-state index is 0.178. The van der Waals surface area contributed by atoms with Crippen LogP contribution >= 0.6 is 11.8 Å². The van der Waals surface area contributed by atoms with Crippen molar-refractivity contribution in [2.45, 2.75) is 23.9 Å². The second kappa shape index (κ2) is 5.39. The summed E-state index contributed by atoms with van der Waals surface area (Å²) in [6, 6.07) is 7.32. The Bertz CT molecular complexity index is 482. The molecule has 1 aliphatic heterocycles. The van der Waals surface area contributed by atoms with Gasteiger partial charge in [0.2, 0.25) is 10.0 Å². The Morgan fingerprint density at radius 1 is 1.47 bits per heavy atom. The lowest BCUT2D eigenvalue weighted by molar-refractivity contribution is 0.557. The largest absolute Gasteiger partial charge is 0.309 e. The number of hydrogen-bond acceptors (Lipinski definition) is 4. The first-order valence-electron chi connectivity index (χ1n) is 5.48. The van der Waals surface area contributed by atoms with E-state index in [1.807, 2.05) is 17.8 Å². The lowest BCUT2D eigenvalue weighted by Crippen LogP contribution is -2.28. The predicted octanol–water partition coefficient (Wildman–Crippen LogP) is 0.929. The second-order valence-corrected chi connectivity index (χ2v) is 6.85. The zero-order valence-corrected chi connectivity index (χ0v) is 11.1. The first-order chi connectivity index (χ1) is 8.05. The Labute approximate surface area is 106 Å². The highest BCUT2D eigenvalue weighted by Crippen LogP contribution is 2.17. The van der Waals surface area contributed by atoms with Crippen molar-refractivity contribution in [3.05, 3.63) is 29.8 Å². The molecule has 2 rings (SSSR count). The SMILES string of the molecule is NS(=O)(=O)c1cccc(CNC2CCSC2)c1. The number of rotatable bonds is 4. The van der Waals surface area contributed by atoms with Crippen LogP contribution < -0.4 is 10.5 Å². The van der Waals surface area contributed by atoms with Crippen molar-refractivity contribution in [3.8, 4) is 0 Å². The molecular weight excluding hydrogens is 256 g/mol. The lowest BCUT2D eigenvalue weighted by atomic mass is 10.2. The lowest BCUT2D eigenvalue weighted by Gasteiger charge is -2.11. The molecule has 1 aromatic rings. The Morgan fingerprint density at radius 3 is 2.94 bits per heavy atom. The number of thioether (sulfide) groups is 1. The monoisotopic (exact) mass is 272 g/mol. The van der Waals surface area contributed by atoms with Crippen molar-refractivity contribution in [2.75, 3.05) is 11.5 Å². The molecule has 0 spiro atoms. The summed E-state index contributed by atoms with van der Waals surface area (Å²) in [6.07, 6.45) is 1.18. The fraction of sp³-hybridized carbons (Fsp3) is 0.455. The van der Waals surface area contributed by atoms with Gasteiger partial charge in [-0.25, -0.2) is 13.6 Å². The average Bonchev–Trinajstić information content (AvgIpc) is 2.78. The van der Waals surface area contributed by atoms with E-state index in [9.17, 15) is 8.42 Å². The Kier molecular flexibility index (Phi) is 4.09. The summed E-state index contributed by atoms with van der Waals surface area (Å²) in [5.74, 6) is 2.34. The third-order valence-corrected chi connectivity index (χ3v) is 4.82. The van der Waals surface area contributed by atoms with Crippen LogP contribution in [0.2, 0.25) is 0 Å². The van der Waals surface area contributed by atoms with Gasteiger partial charge in [0.05, 0.1) is 4.90 Å². The van der Waals surface area contributed by atoms with Gasteiger partial charge in [0.15, 0.2) is 0 Å². The summed E-state index contributed by atoms with van der Waals surface area (Å²) in [5, 5.41) is 8.51. The smallest absolute Gasteiger partial charge is 0.238 e. The molecule has 0 aromatic heterocycles. The maximum absolute atomic E-state index is 11.2. The standard InChI is InChI=1S/C11H16N2O2S2/c12-17(14,15)11-3-1-2-9(6-11)7-13-10-4-5-16-8-10/h1-3,6,10,13H,4-5,7-8H2,(H2,12,14,15). The van der Waals surface area contributed by atoms with Crippen LogP contribution in [0.25, 0.3) is 0 Å². The summed E-state index contributed by atoms with van der Waals surface area (Å²) in [6.45, 7) is 0.689. The topological polar surface area (TPSA) is 72.2 Å². The van der Waals surface area contributed by atoms with E-state index in [1.54, 1.807) is 12.1 Å². The Morgan fingerprint density at radius 2 is 2.29 bits per heavy atom. The number of benzene rings is 1. The van der Waals surface area contributed by atoms with Crippen molar-refractivity contribution in [1.82, 2.24) is 5.32 Å². The van der Waals surface area contributed by atoms with E-state index in [1.165, 1.54) is 18.2 Å². The molecule has 1 fully saturated rings. The zero-order chi connectivity index (χ0) is 12.3. The molecule has 4 nitrogen and oxygen atoms in total. The third-order valence-electron chi connectivity index (χ3n) is 2.75. The van der Waals surface area contributed by atoms with Gasteiger partial charge in [-0.15, -0.1) is 0 Å². The van der Waals surface area contributed by atoms with Gasteiger partial charge < -0.3 is 5.32 Å². The summed E-state index contributed by atoms with van der Waals surface area (Å²) >= 11 is 1.95. The van der Waals surface area contributed by atoms with E-state index >= 15 is 0 Å². The molecule has 1 aliphatic rings. The fourth-order valence-electron chi connectivity index (χ4n) is 1.79. The highest BCUT2D eigenvalue weighted by Gasteiger charge is 2.14. The molecule has 1 saturated heterocycles. The minimum Gasteiger partial charge on any atom is -0.309 e. The van der Waals surface area contributed by atoms with Crippen LogP contribution in [0.1, 0.15) is 12.0 Å². The molecule has 6 heteroatoms. The molecule has 1 heterocycles. The predicted molar refractivity (Wildman–Crippen MR) is 70.4 cm³/mol. The summed E-state index contributed by atoms with van der Waals surface area (Å²) in [4.78, 5) is 0.178. The van der Waals surface area contributed by atoms with Crippen molar-refractivity contribution < 1.29 is 8.42 Å². The molecule has 3 N–H and O–H groups in total. The third kappa shape index (κ3) is 3.70. The quantitative estimate of drug-likeness (QED) is 0.855. The molecule has 0 radical (unpaired) electrons. The molecule has 1 unspecified atom stereocenters. The molecular formula is C11H16N2O2S2. The molecule has 1 atom stereocenters. The molecule has 94 valence electrons.